The van der Waals surface area contributed by atoms with Crippen LogP contribution in [-0.4, -0.2) is 16.4 Å². The molecule has 0 bridgehead atoms. The van der Waals surface area contributed by atoms with Crippen LogP contribution in [0.15, 0.2) is 47.5 Å². The van der Waals surface area contributed by atoms with Crippen molar-refractivity contribution in [3.8, 4) is 11.5 Å². The highest BCUT2D eigenvalue weighted by atomic mass is 35.5. The van der Waals surface area contributed by atoms with Crippen molar-refractivity contribution in [2.75, 3.05) is 0 Å². The Hall–Kier alpha value is -2.00. The molecule has 0 unspecified atom stereocenters. The number of para-hydroxylation sites is 1. The first kappa shape index (κ1) is 12.5. The fraction of sp³-hybridized carbons (Fsp3) is 0.0714. The number of hydrogen-bond donors (Lipinski definition) is 2. The molecule has 0 atom stereocenters. The van der Waals surface area contributed by atoms with Crippen molar-refractivity contribution < 1.29 is 10.2 Å². The minimum absolute atomic E-state index is 0.161. The van der Waals surface area contributed by atoms with Gasteiger partial charge in [-0.15, -0.1) is 0 Å². The fourth-order valence-electron chi connectivity index (χ4n) is 1.52. The van der Waals surface area contributed by atoms with Crippen molar-refractivity contribution in [3.05, 3.63) is 58.6 Å². The summed E-state index contributed by atoms with van der Waals surface area (Å²) in [5.74, 6) is 0.338. The molecule has 0 spiro atoms. The molecule has 18 heavy (non-hydrogen) atoms. The Labute approximate surface area is 110 Å². The first-order valence-corrected chi connectivity index (χ1v) is 5.80. The lowest BCUT2D eigenvalue weighted by molar-refractivity contribution is 0.468. The average molecular weight is 262 g/mol. The second kappa shape index (κ2) is 5.56. The van der Waals surface area contributed by atoms with E-state index in [2.05, 4.69) is 4.99 Å². The van der Waals surface area contributed by atoms with E-state index in [4.69, 9.17) is 11.6 Å². The topological polar surface area (TPSA) is 52.8 Å². The molecule has 0 radical (unpaired) electrons. The van der Waals surface area contributed by atoms with Crippen molar-refractivity contribution in [2.24, 2.45) is 4.99 Å². The van der Waals surface area contributed by atoms with Gasteiger partial charge in [-0.05, 0) is 30.3 Å². The van der Waals surface area contributed by atoms with Crippen LogP contribution in [0.2, 0.25) is 5.02 Å². The Bertz CT molecular complexity index is 582. The second-order valence-corrected chi connectivity index (χ2v) is 4.24. The Balaban J connectivity index is 2.12. The van der Waals surface area contributed by atoms with E-state index < -0.39 is 0 Å². The number of phenols is 2. The van der Waals surface area contributed by atoms with Crippen molar-refractivity contribution in [1.29, 1.82) is 0 Å². The normalized spacial score (nSPS) is 10.9. The number of rotatable bonds is 3. The number of aromatic hydroxyl groups is 2. The molecule has 2 aromatic carbocycles. The van der Waals surface area contributed by atoms with E-state index in [0.717, 1.165) is 0 Å². The number of nitrogens with zero attached hydrogens (tertiary/aromatic N) is 1. The predicted octanol–water partition coefficient (Wildman–Crippen LogP) is 3.37. The van der Waals surface area contributed by atoms with Crippen molar-refractivity contribution in [3.63, 3.8) is 0 Å². The lowest BCUT2D eigenvalue weighted by atomic mass is 10.2. The summed E-state index contributed by atoms with van der Waals surface area (Å²) in [5, 5.41) is 19.7. The van der Waals surface area contributed by atoms with Crippen LogP contribution in [0.5, 0.6) is 11.5 Å². The standard InChI is InChI=1S/C14H12ClNO2/c15-12-5-6-14(18)11(7-12)9-16-8-10-3-1-2-4-13(10)17/h1-8,17-18H,9H2. The highest BCUT2D eigenvalue weighted by Crippen LogP contribution is 2.22. The third-order valence-electron chi connectivity index (χ3n) is 2.47. The van der Waals surface area contributed by atoms with Gasteiger partial charge >= 0.3 is 0 Å². The lowest BCUT2D eigenvalue weighted by Gasteiger charge is -2.02. The van der Waals surface area contributed by atoms with Gasteiger partial charge in [0.2, 0.25) is 0 Å². The zero-order valence-electron chi connectivity index (χ0n) is 9.55. The smallest absolute Gasteiger partial charge is 0.124 e. The van der Waals surface area contributed by atoms with Gasteiger partial charge in [-0.2, -0.15) is 0 Å². The Morgan fingerprint density at radius 3 is 2.61 bits per heavy atom. The van der Waals surface area contributed by atoms with Crippen molar-refractivity contribution in [1.82, 2.24) is 0 Å². The maximum Gasteiger partial charge on any atom is 0.124 e. The van der Waals surface area contributed by atoms with Gasteiger partial charge in [0.15, 0.2) is 0 Å². The zero-order chi connectivity index (χ0) is 13.0. The first-order chi connectivity index (χ1) is 8.66. The van der Waals surface area contributed by atoms with Gasteiger partial charge in [-0.1, -0.05) is 23.7 Å². The molecule has 0 amide bonds. The maximum atomic E-state index is 9.60. The Morgan fingerprint density at radius 1 is 1.06 bits per heavy atom. The molecular weight excluding hydrogens is 250 g/mol. The average Bonchev–Trinajstić information content (AvgIpc) is 2.36. The largest absolute Gasteiger partial charge is 0.508 e. The molecule has 0 heterocycles. The maximum absolute atomic E-state index is 9.60. The molecule has 0 saturated carbocycles. The van der Waals surface area contributed by atoms with Crippen LogP contribution in [0.25, 0.3) is 0 Å². The quantitative estimate of drug-likeness (QED) is 0.833. The molecule has 2 rings (SSSR count). The summed E-state index contributed by atoms with van der Waals surface area (Å²) in [4.78, 5) is 4.17. The highest BCUT2D eigenvalue weighted by Gasteiger charge is 2.01. The SMILES string of the molecule is Oc1ccccc1C=NCc1cc(Cl)ccc1O. The Morgan fingerprint density at radius 2 is 1.83 bits per heavy atom. The monoisotopic (exact) mass is 261 g/mol. The van der Waals surface area contributed by atoms with E-state index in [1.54, 1.807) is 36.5 Å². The number of aliphatic imine (C=N–C) groups is 1. The molecule has 0 aliphatic heterocycles. The predicted molar refractivity (Wildman–Crippen MR) is 72.5 cm³/mol. The lowest BCUT2D eigenvalue weighted by Crippen LogP contribution is -1.86. The molecule has 0 fully saturated rings. The number of hydrogen-bond acceptors (Lipinski definition) is 3. The van der Waals surface area contributed by atoms with Gasteiger partial charge < -0.3 is 10.2 Å². The van der Waals surface area contributed by atoms with E-state index in [9.17, 15) is 10.2 Å². The summed E-state index contributed by atoms with van der Waals surface area (Å²) in [6.07, 6.45) is 1.57. The summed E-state index contributed by atoms with van der Waals surface area (Å²) >= 11 is 5.83. The third kappa shape index (κ3) is 3.02. The molecule has 0 aliphatic rings. The van der Waals surface area contributed by atoms with Crippen LogP contribution >= 0.6 is 11.6 Å². The zero-order valence-corrected chi connectivity index (χ0v) is 10.3. The third-order valence-corrected chi connectivity index (χ3v) is 2.71. The minimum atomic E-state index is 0.161. The summed E-state index contributed by atoms with van der Waals surface area (Å²) in [5.41, 5.74) is 1.29. The van der Waals surface area contributed by atoms with Crippen LogP contribution in [0.4, 0.5) is 0 Å². The molecule has 3 nitrogen and oxygen atoms in total. The number of halogens is 1. The fourth-order valence-corrected chi connectivity index (χ4v) is 1.71. The molecule has 2 aromatic rings. The number of phenolic OH excluding ortho intramolecular Hbond substituents is 2. The van der Waals surface area contributed by atoms with Crippen LogP contribution < -0.4 is 0 Å². The molecule has 0 aromatic heterocycles. The Kier molecular flexibility index (Phi) is 3.85. The van der Waals surface area contributed by atoms with E-state index in [1.807, 2.05) is 6.07 Å². The van der Waals surface area contributed by atoms with E-state index in [0.29, 0.717) is 22.7 Å². The minimum Gasteiger partial charge on any atom is -0.508 e. The molecule has 2 N–H and O–H groups in total. The van der Waals surface area contributed by atoms with Crippen LogP contribution in [-0.2, 0) is 6.54 Å². The first-order valence-electron chi connectivity index (χ1n) is 5.42. The van der Waals surface area contributed by atoms with E-state index in [1.165, 1.54) is 6.07 Å². The summed E-state index contributed by atoms with van der Waals surface area (Å²) in [7, 11) is 0. The molecule has 0 aliphatic carbocycles. The van der Waals surface area contributed by atoms with Crippen molar-refractivity contribution >= 4 is 17.8 Å². The number of benzene rings is 2. The van der Waals surface area contributed by atoms with Gasteiger partial charge in [0.05, 0.1) is 6.54 Å². The van der Waals surface area contributed by atoms with Gasteiger partial charge in [-0.3, -0.25) is 4.99 Å². The van der Waals surface area contributed by atoms with Gasteiger partial charge in [-0.25, -0.2) is 0 Å². The summed E-state index contributed by atoms with van der Waals surface area (Å²) < 4.78 is 0. The highest BCUT2D eigenvalue weighted by molar-refractivity contribution is 6.30. The molecule has 4 heteroatoms. The van der Waals surface area contributed by atoms with E-state index >= 15 is 0 Å². The van der Waals surface area contributed by atoms with Crippen LogP contribution in [0, 0.1) is 0 Å². The van der Waals surface area contributed by atoms with Gasteiger partial charge in [0, 0.05) is 22.4 Å². The van der Waals surface area contributed by atoms with Crippen molar-refractivity contribution in [2.45, 2.75) is 6.54 Å². The van der Waals surface area contributed by atoms with Crippen LogP contribution in [0.1, 0.15) is 11.1 Å². The van der Waals surface area contributed by atoms with Gasteiger partial charge in [0.1, 0.15) is 11.5 Å². The summed E-state index contributed by atoms with van der Waals surface area (Å²) in [6, 6.07) is 11.7. The van der Waals surface area contributed by atoms with E-state index in [-0.39, 0.29) is 11.5 Å². The molecular formula is C14H12ClNO2. The molecule has 0 saturated heterocycles. The second-order valence-electron chi connectivity index (χ2n) is 3.80. The summed E-state index contributed by atoms with van der Waals surface area (Å²) in [6.45, 7) is 0.306. The molecule has 92 valence electrons. The van der Waals surface area contributed by atoms with Crippen LogP contribution in [0.3, 0.4) is 0 Å². The van der Waals surface area contributed by atoms with Gasteiger partial charge in [0.25, 0.3) is 0 Å².